The Hall–Kier alpha value is -2.38. The molecule has 136 valence electrons. The van der Waals surface area contributed by atoms with E-state index in [0.717, 1.165) is 12.1 Å². The highest BCUT2D eigenvalue weighted by Crippen LogP contribution is 2.29. The van der Waals surface area contributed by atoms with Gasteiger partial charge >= 0.3 is 12.1 Å². The molecule has 0 unspecified atom stereocenters. The molecule has 2 N–H and O–H groups in total. The van der Waals surface area contributed by atoms with Gasteiger partial charge in [-0.25, -0.2) is 4.79 Å². The third-order valence-electron chi connectivity index (χ3n) is 4.19. The Balaban J connectivity index is 2.04. The number of hydrogen-bond donors (Lipinski definition) is 2. The fourth-order valence-corrected chi connectivity index (χ4v) is 2.99. The molecule has 8 heteroatoms. The van der Waals surface area contributed by atoms with Gasteiger partial charge in [0.2, 0.25) is 5.91 Å². The number of ketones is 1. The van der Waals surface area contributed by atoms with Crippen LogP contribution >= 0.6 is 0 Å². The van der Waals surface area contributed by atoms with Crippen LogP contribution in [0.1, 0.15) is 36.8 Å². The average molecular weight is 357 g/mol. The number of Topliss-reactive ketones (excluding diaryl/α,β-unsaturated/α-hetero) is 1. The molecule has 2 atom stereocenters. The highest BCUT2D eigenvalue weighted by Gasteiger charge is 2.34. The lowest BCUT2D eigenvalue weighted by Crippen LogP contribution is -2.47. The van der Waals surface area contributed by atoms with Crippen LogP contribution in [0.5, 0.6) is 0 Å². The number of carbonyl (C=O) groups excluding carboxylic acids is 2. The van der Waals surface area contributed by atoms with E-state index in [1.54, 1.807) is 0 Å². The minimum absolute atomic E-state index is 0.0466. The zero-order valence-electron chi connectivity index (χ0n) is 13.3. The summed E-state index contributed by atoms with van der Waals surface area (Å²) in [6.45, 7) is 0. The number of alkyl halides is 3. The van der Waals surface area contributed by atoms with Gasteiger partial charge in [-0.3, -0.25) is 9.59 Å². The molecular weight excluding hydrogens is 339 g/mol. The fourth-order valence-electron chi connectivity index (χ4n) is 2.99. The minimum atomic E-state index is -4.52. The monoisotopic (exact) mass is 357 g/mol. The highest BCUT2D eigenvalue weighted by molar-refractivity contribution is 5.86. The van der Waals surface area contributed by atoms with Gasteiger partial charge in [0, 0.05) is 12.8 Å². The van der Waals surface area contributed by atoms with E-state index in [1.807, 2.05) is 0 Å². The number of carboxylic acid groups (broad SMARTS) is 1. The number of nitrogens with one attached hydrogen (secondary N) is 1. The number of rotatable bonds is 5. The van der Waals surface area contributed by atoms with Crippen molar-refractivity contribution in [2.45, 2.75) is 44.3 Å². The first kappa shape index (κ1) is 19.0. The maximum atomic E-state index is 12.7. The van der Waals surface area contributed by atoms with Crippen LogP contribution in [0.2, 0.25) is 0 Å². The molecule has 0 heterocycles. The third kappa shape index (κ3) is 5.30. The van der Waals surface area contributed by atoms with Crippen molar-refractivity contribution in [2.75, 3.05) is 0 Å². The second kappa shape index (κ2) is 7.67. The standard InChI is InChI=1S/C17H18F3NO4/c18-17(19,20)12-5-1-3-10(7-12)8-14(23)21-15(16(24)25)11-4-2-6-13(22)9-11/h1,3,5,7,11,15H,2,4,6,8-9H2,(H,21,23)(H,24,25)/t11-,15-/m0/s1. The molecule has 1 saturated carbocycles. The summed E-state index contributed by atoms with van der Waals surface area (Å²) in [5.41, 5.74) is -0.735. The smallest absolute Gasteiger partial charge is 0.416 e. The van der Waals surface area contributed by atoms with E-state index < -0.39 is 35.6 Å². The minimum Gasteiger partial charge on any atom is -0.480 e. The van der Waals surface area contributed by atoms with Crippen LogP contribution < -0.4 is 5.32 Å². The summed E-state index contributed by atoms with van der Waals surface area (Å²) in [6.07, 6.45) is -3.32. The van der Waals surface area contributed by atoms with Gasteiger partial charge in [0.25, 0.3) is 0 Å². The van der Waals surface area contributed by atoms with E-state index in [1.165, 1.54) is 12.1 Å². The van der Waals surface area contributed by atoms with Crippen molar-refractivity contribution in [1.82, 2.24) is 5.32 Å². The quantitative estimate of drug-likeness (QED) is 0.848. The molecule has 0 spiro atoms. The zero-order chi connectivity index (χ0) is 18.6. The number of hydrogen-bond acceptors (Lipinski definition) is 3. The van der Waals surface area contributed by atoms with Crippen LogP contribution in [0, 0.1) is 5.92 Å². The second-order valence-corrected chi connectivity index (χ2v) is 6.15. The predicted octanol–water partition coefficient (Wildman–Crippen LogP) is 2.58. The van der Waals surface area contributed by atoms with Crippen molar-refractivity contribution < 1.29 is 32.7 Å². The molecule has 2 rings (SSSR count). The van der Waals surface area contributed by atoms with Gasteiger partial charge in [0.1, 0.15) is 11.8 Å². The van der Waals surface area contributed by atoms with E-state index in [9.17, 15) is 32.7 Å². The molecular formula is C17H18F3NO4. The van der Waals surface area contributed by atoms with E-state index in [-0.39, 0.29) is 24.2 Å². The van der Waals surface area contributed by atoms with Crippen molar-refractivity contribution >= 4 is 17.7 Å². The van der Waals surface area contributed by atoms with Crippen molar-refractivity contribution in [1.29, 1.82) is 0 Å². The first-order valence-electron chi connectivity index (χ1n) is 7.87. The van der Waals surface area contributed by atoms with Gasteiger partial charge in [-0.1, -0.05) is 18.2 Å². The number of amides is 1. The Bertz CT molecular complexity index is 672. The summed E-state index contributed by atoms with van der Waals surface area (Å²) in [6, 6.07) is 3.10. The molecule has 1 amide bonds. The van der Waals surface area contributed by atoms with Crippen molar-refractivity contribution in [2.24, 2.45) is 5.92 Å². The molecule has 0 radical (unpaired) electrons. The van der Waals surface area contributed by atoms with Crippen molar-refractivity contribution in [3.05, 3.63) is 35.4 Å². The molecule has 5 nitrogen and oxygen atoms in total. The number of carboxylic acids is 1. The van der Waals surface area contributed by atoms with Crippen LogP contribution in [-0.4, -0.2) is 28.8 Å². The zero-order valence-corrected chi connectivity index (χ0v) is 13.3. The molecule has 1 aliphatic rings. The van der Waals surface area contributed by atoms with Crippen molar-refractivity contribution in [3.8, 4) is 0 Å². The molecule has 25 heavy (non-hydrogen) atoms. The summed E-state index contributed by atoms with van der Waals surface area (Å²) in [5, 5.41) is 11.6. The predicted molar refractivity (Wildman–Crippen MR) is 81.7 cm³/mol. The lowest BCUT2D eigenvalue weighted by atomic mass is 9.83. The Morgan fingerprint density at radius 1 is 1.32 bits per heavy atom. The summed E-state index contributed by atoms with van der Waals surface area (Å²) in [4.78, 5) is 35.0. The van der Waals surface area contributed by atoms with Gasteiger partial charge in [0.05, 0.1) is 12.0 Å². The fraction of sp³-hybridized carbons (Fsp3) is 0.471. The normalized spacial score (nSPS) is 19.3. The number of aliphatic carboxylic acids is 1. The summed E-state index contributed by atoms with van der Waals surface area (Å²) < 4.78 is 38.1. The molecule has 0 aliphatic heterocycles. The summed E-state index contributed by atoms with van der Waals surface area (Å²) in [5.74, 6) is -2.49. The molecule has 0 bridgehead atoms. The average Bonchev–Trinajstić information content (AvgIpc) is 2.51. The molecule has 1 fully saturated rings. The Labute approximate surface area is 142 Å². The third-order valence-corrected chi connectivity index (χ3v) is 4.19. The van der Waals surface area contributed by atoms with Crippen molar-refractivity contribution in [3.63, 3.8) is 0 Å². The Morgan fingerprint density at radius 3 is 2.64 bits per heavy atom. The van der Waals surface area contributed by atoms with Gasteiger partial charge in [-0.2, -0.15) is 13.2 Å². The van der Waals surface area contributed by atoms with Gasteiger partial charge in [-0.05, 0) is 30.4 Å². The van der Waals surface area contributed by atoms with Crippen LogP contribution in [0.25, 0.3) is 0 Å². The SMILES string of the molecule is O=C1CCC[C@H]([C@H](NC(=O)Cc2cccc(C(F)(F)F)c2)C(=O)O)C1. The molecule has 1 aromatic rings. The first-order valence-corrected chi connectivity index (χ1v) is 7.87. The molecule has 1 aliphatic carbocycles. The van der Waals surface area contributed by atoms with Crippen LogP contribution in [0.4, 0.5) is 13.2 Å². The topological polar surface area (TPSA) is 83.5 Å². The molecule has 1 aromatic carbocycles. The summed E-state index contributed by atoms with van der Waals surface area (Å²) in [7, 11) is 0. The first-order chi connectivity index (χ1) is 11.7. The largest absolute Gasteiger partial charge is 0.480 e. The van der Waals surface area contributed by atoms with Crippen LogP contribution in [0.3, 0.4) is 0 Å². The number of carbonyl (C=O) groups is 3. The molecule has 0 aromatic heterocycles. The number of benzene rings is 1. The van der Waals surface area contributed by atoms with E-state index >= 15 is 0 Å². The maximum absolute atomic E-state index is 12.7. The van der Waals surface area contributed by atoms with E-state index in [0.29, 0.717) is 19.3 Å². The summed E-state index contributed by atoms with van der Waals surface area (Å²) >= 11 is 0. The van der Waals surface area contributed by atoms with Gasteiger partial charge in [-0.15, -0.1) is 0 Å². The lowest BCUT2D eigenvalue weighted by Gasteiger charge is -2.27. The van der Waals surface area contributed by atoms with E-state index in [2.05, 4.69) is 5.32 Å². The second-order valence-electron chi connectivity index (χ2n) is 6.15. The maximum Gasteiger partial charge on any atom is 0.416 e. The Kier molecular flexibility index (Phi) is 5.81. The molecule has 0 saturated heterocycles. The van der Waals surface area contributed by atoms with E-state index in [4.69, 9.17) is 0 Å². The number of halogens is 3. The van der Waals surface area contributed by atoms with Crippen LogP contribution in [-0.2, 0) is 27.0 Å². The lowest BCUT2D eigenvalue weighted by molar-refractivity contribution is -0.144. The Morgan fingerprint density at radius 2 is 2.04 bits per heavy atom. The van der Waals surface area contributed by atoms with Gasteiger partial charge in [0.15, 0.2) is 0 Å². The highest BCUT2D eigenvalue weighted by atomic mass is 19.4. The van der Waals surface area contributed by atoms with Gasteiger partial charge < -0.3 is 10.4 Å². The van der Waals surface area contributed by atoms with Crippen LogP contribution in [0.15, 0.2) is 24.3 Å².